The van der Waals surface area contributed by atoms with E-state index in [9.17, 15) is 4.79 Å². The lowest BCUT2D eigenvalue weighted by Gasteiger charge is -2.23. The monoisotopic (exact) mass is 366 g/mol. The van der Waals surface area contributed by atoms with Gasteiger partial charge in [0.15, 0.2) is 0 Å². The Morgan fingerprint density at radius 1 is 1.22 bits per heavy atom. The van der Waals surface area contributed by atoms with E-state index in [4.69, 9.17) is 9.47 Å². The van der Waals surface area contributed by atoms with Crippen LogP contribution in [-0.4, -0.2) is 40.9 Å². The molecule has 0 atom stereocenters. The number of para-hydroxylation sites is 1. The number of fused-ring (bicyclic) bond motifs is 1. The highest BCUT2D eigenvalue weighted by Gasteiger charge is 2.17. The van der Waals surface area contributed by atoms with Crippen LogP contribution in [0.1, 0.15) is 12.8 Å². The van der Waals surface area contributed by atoms with Crippen LogP contribution in [0.25, 0.3) is 22.2 Å². The zero-order valence-electron chi connectivity index (χ0n) is 15.4. The van der Waals surface area contributed by atoms with Crippen molar-refractivity contribution in [2.45, 2.75) is 18.9 Å². The highest BCUT2D eigenvalue weighted by atomic mass is 16.5. The summed E-state index contributed by atoms with van der Waals surface area (Å²) in [4.78, 5) is 22.0. The molecule has 0 unspecified atom stereocenters. The molecule has 1 N–H and O–H groups in total. The fraction of sp³-hybridized carbons (Fsp3) is 0.350. The summed E-state index contributed by atoms with van der Waals surface area (Å²) in [6.45, 7) is 1.48. The third kappa shape index (κ3) is 3.38. The number of nitrogens with one attached hydrogen (secondary N) is 1. The maximum atomic E-state index is 13.0. The van der Waals surface area contributed by atoms with E-state index in [0.29, 0.717) is 29.0 Å². The average molecular weight is 366 g/mol. The van der Waals surface area contributed by atoms with E-state index < -0.39 is 0 Å². The molecule has 0 spiro atoms. The van der Waals surface area contributed by atoms with Gasteiger partial charge in [-0.15, -0.1) is 0 Å². The Hall–Kier alpha value is -2.93. The van der Waals surface area contributed by atoms with Crippen molar-refractivity contribution in [3.8, 4) is 16.9 Å². The van der Waals surface area contributed by atoms with E-state index in [1.54, 1.807) is 24.9 Å². The summed E-state index contributed by atoms with van der Waals surface area (Å²) in [5.41, 5.74) is 1.80. The quantitative estimate of drug-likeness (QED) is 0.765. The second-order valence-electron chi connectivity index (χ2n) is 6.63. The van der Waals surface area contributed by atoms with Gasteiger partial charge < -0.3 is 14.8 Å². The van der Waals surface area contributed by atoms with Gasteiger partial charge in [0.25, 0.3) is 5.56 Å². The van der Waals surface area contributed by atoms with E-state index in [1.165, 1.54) is 0 Å². The van der Waals surface area contributed by atoms with Gasteiger partial charge in [0.2, 0.25) is 5.95 Å². The number of ether oxygens (including phenoxy) is 2. The van der Waals surface area contributed by atoms with Crippen LogP contribution in [0.4, 0.5) is 5.95 Å². The van der Waals surface area contributed by atoms with Crippen molar-refractivity contribution in [1.29, 1.82) is 0 Å². The summed E-state index contributed by atoms with van der Waals surface area (Å²) < 4.78 is 12.4. The Morgan fingerprint density at radius 3 is 2.78 bits per heavy atom. The molecule has 7 nitrogen and oxygen atoms in total. The molecular formula is C20H22N4O3. The molecule has 0 bridgehead atoms. The molecule has 0 aliphatic carbocycles. The summed E-state index contributed by atoms with van der Waals surface area (Å²) in [6, 6.07) is 9.61. The van der Waals surface area contributed by atoms with Gasteiger partial charge in [-0.2, -0.15) is 4.98 Å². The highest BCUT2D eigenvalue weighted by molar-refractivity contribution is 5.83. The van der Waals surface area contributed by atoms with E-state index in [-0.39, 0.29) is 5.56 Å². The fourth-order valence-electron chi connectivity index (χ4n) is 3.40. The lowest BCUT2D eigenvalue weighted by molar-refractivity contribution is 0.0903. The number of hydrogen-bond donors (Lipinski definition) is 1. The van der Waals surface area contributed by atoms with Gasteiger partial charge in [0.1, 0.15) is 11.4 Å². The van der Waals surface area contributed by atoms with Crippen molar-refractivity contribution in [1.82, 2.24) is 14.5 Å². The maximum absolute atomic E-state index is 13.0. The molecule has 7 heteroatoms. The van der Waals surface area contributed by atoms with Gasteiger partial charge in [-0.1, -0.05) is 18.2 Å². The number of pyridine rings is 1. The Bertz CT molecular complexity index is 1030. The molecule has 27 heavy (non-hydrogen) atoms. The first-order valence-electron chi connectivity index (χ1n) is 9.02. The molecule has 3 aromatic rings. The molecule has 3 heterocycles. The molecule has 140 valence electrons. The predicted molar refractivity (Wildman–Crippen MR) is 104 cm³/mol. The van der Waals surface area contributed by atoms with Crippen molar-refractivity contribution in [3.05, 3.63) is 46.9 Å². The second-order valence-corrected chi connectivity index (χ2v) is 6.63. The van der Waals surface area contributed by atoms with Crippen LogP contribution in [0.15, 0.2) is 41.3 Å². The van der Waals surface area contributed by atoms with Crippen LogP contribution in [0.5, 0.6) is 5.75 Å². The van der Waals surface area contributed by atoms with Gasteiger partial charge in [-0.3, -0.25) is 9.36 Å². The molecule has 0 saturated carbocycles. The Balaban J connectivity index is 1.76. The van der Waals surface area contributed by atoms with Crippen LogP contribution in [0, 0.1) is 0 Å². The van der Waals surface area contributed by atoms with Crippen molar-refractivity contribution in [2.24, 2.45) is 7.05 Å². The third-order valence-electron chi connectivity index (χ3n) is 4.90. The molecule has 4 rings (SSSR count). The zero-order chi connectivity index (χ0) is 18.8. The Morgan fingerprint density at radius 2 is 2.00 bits per heavy atom. The first-order valence-corrected chi connectivity index (χ1v) is 9.02. The van der Waals surface area contributed by atoms with Gasteiger partial charge in [-0.05, 0) is 25.0 Å². The number of anilines is 1. The van der Waals surface area contributed by atoms with E-state index in [1.807, 2.05) is 30.3 Å². The van der Waals surface area contributed by atoms with Crippen LogP contribution in [0.3, 0.4) is 0 Å². The van der Waals surface area contributed by atoms with Gasteiger partial charge in [-0.25, -0.2) is 4.98 Å². The zero-order valence-corrected chi connectivity index (χ0v) is 15.4. The normalized spacial score (nSPS) is 15.0. The minimum Gasteiger partial charge on any atom is -0.496 e. The molecule has 0 amide bonds. The van der Waals surface area contributed by atoms with Crippen LogP contribution in [-0.2, 0) is 11.8 Å². The van der Waals surface area contributed by atoms with Crippen LogP contribution in [0.2, 0.25) is 0 Å². The molecule has 1 saturated heterocycles. The summed E-state index contributed by atoms with van der Waals surface area (Å²) in [7, 11) is 3.33. The largest absolute Gasteiger partial charge is 0.496 e. The number of hydrogen-bond acceptors (Lipinski definition) is 6. The van der Waals surface area contributed by atoms with E-state index in [2.05, 4.69) is 15.3 Å². The van der Waals surface area contributed by atoms with Crippen molar-refractivity contribution in [2.75, 3.05) is 25.6 Å². The molecule has 1 aliphatic heterocycles. The predicted octanol–water partition coefficient (Wildman–Crippen LogP) is 2.60. The lowest BCUT2D eigenvalue weighted by atomic mass is 10.1. The first kappa shape index (κ1) is 17.5. The summed E-state index contributed by atoms with van der Waals surface area (Å²) in [5, 5.41) is 4.15. The van der Waals surface area contributed by atoms with Crippen molar-refractivity contribution >= 4 is 17.0 Å². The van der Waals surface area contributed by atoms with Crippen molar-refractivity contribution in [3.63, 3.8) is 0 Å². The second kappa shape index (κ2) is 7.36. The third-order valence-corrected chi connectivity index (χ3v) is 4.90. The topological polar surface area (TPSA) is 78.3 Å². The van der Waals surface area contributed by atoms with Gasteiger partial charge >= 0.3 is 0 Å². The fourth-order valence-corrected chi connectivity index (χ4v) is 3.40. The first-order chi connectivity index (χ1) is 13.2. The maximum Gasteiger partial charge on any atom is 0.259 e. The molecule has 1 fully saturated rings. The molecule has 1 aromatic carbocycles. The smallest absolute Gasteiger partial charge is 0.259 e. The van der Waals surface area contributed by atoms with Crippen LogP contribution >= 0.6 is 0 Å². The Labute approximate surface area is 157 Å². The van der Waals surface area contributed by atoms with Crippen LogP contribution < -0.4 is 15.6 Å². The number of rotatable bonds is 4. The lowest BCUT2D eigenvalue weighted by Crippen LogP contribution is -2.29. The van der Waals surface area contributed by atoms with Gasteiger partial charge in [0.05, 0.1) is 12.7 Å². The summed E-state index contributed by atoms with van der Waals surface area (Å²) >= 11 is 0. The molecule has 2 aromatic heterocycles. The summed E-state index contributed by atoms with van der Waals surface area (Å²) in [6.07, 6.45) is 3.60. The van der Waals surface area contributed by atoms with Crippen molar-refractivity contribution < 1.29 is 9.47 Å². The standard InChI is InChI=1S/C20H22N4O3/c1-24-18-13(12-21-20(23-18)22-14-7-9-27-10-8-14)11-16(19(24)25)15-5-3-4-6-17(15)26-2/h3-6,11-12,14H,7-10H2,1-2H3,(H,21,22,23). The van der Waals surface area contributed by atoms with Gasteiger partial charge in [0, 0.05) is 43.4 Å². The van der Waals surface area contributed by atoms with E-state index >= 15 is 0 Å². The minimum absolute atomic E-state index is 0.122. The highest BCUT2D eigenvalue weighted by Crippen LogP contribution is 2.28. The molecule has 0 radical (unpaired) electrons. The van der Waals surface area contributed by atoms with E-state index in [0.717, 1.165) is 37.0 Å². The summed E-state index contributed by atoms with van der Waals surface area (Å²) in [5.74, 6) is 1.20. The molecular weight excluding hydrogens is 344 g/mol. The SMILES string of the molecule is COc1ccccc1-c1cc2cnc(NC3CCOCC3)nc2n(C)c1=O. The number of nitrogens with zero attached hydrogens (tertiary/aromatic N) is 3. The Kier molecular flexibility index (Phi) is 4.77. The number of methoxy groups -OCH3 is 1. The molecule has 1 aliphatic rings. The number of benzene rings is 1. The number of aromatic nitrogens is 3. The average Bonchev–Trinajstić information content (AvgIpc) is 2.72. The minimum atomic E-state index is -0.122. The number of aryl methyl sites for hydroxylation is 1.